The Bertz CT molecular complexity index is 438. The lowest BCUT2D eigenvalue weighted by Crippen LogP contribution is -2.39. The third-order valence-electron chi connectivity index (χ3n) is 3.95. The van der Waals surface area contributed by atoms with Crippen molar-refractivity contribution in [1.82, 2.24) is 4.90 Å². The molecule has 0 radical (unpaired) electrons. The maximum absolute atomic E-state index is 11.5. The van der Waals surface area contributed by atoms with Crippen LogP contribution < -0.4 is 0 Å². The van der Waals surface area contributed by atoms with Gasteiger partial charge in [0, 0.05) is 18.1 Å². The summed E-state index contributed by atoms with van der Waals surface area (Å²) in [6.07, 6.45) is 3.66. The number of halogens is 1. The normalized spacial score (nSPS) is 17.8. The van der Waals surface area contributed by atoms with E-state index < -0.39 is 11.4 Å². The van der Waals surface area contributed by atoms with E-state index in [1.807, 2.05) is 31.3 Å². The van der Waals surface area contributed by atoms with Gasteiger partial charge in [0.25, 0.3) is 0 Å². The van der Waals surface area contributed by atoms with Gasteiger partial charge < -0.3 is 10.0 Å². The van der Waals surface area contributed by atoms with Crippen molar-refractivity contribution >= 4 is 17.6 Å². The summed E-state index contributed by atoms with van der Waals surface area (Å²) in [5.41, 5.74) is 0.617. The van der Waals surface area contributed by atoms with E-state index in [1.165, 1.54) is 0 Å². The quantitative estimate of drug-likeness (QED) is 0.899. The predicted octanol–water partition coefficient (Wildman–Crippen LogP) is 3.42. The van der Waals surface area contributed by atoms with E-state index in [0.29, 0.717) is 6.54 Å². The molecule has 4 heteroatoms. The van der Waals surface area contributed by atoms with Crippen LogP contribution in [0.2, 0.25) is 5.02 Å². The molecule has 1 N–H and O–H groups in total. The number of hydrogen-bond donors (Lipinski definition) is 1. The monoisotopic (exact) mass is 281 g/mol. The highest BCUT2D eigenvalue weighted by Crippen LogP contribution is 2.39. The molecule has 1 aromatic carbocycles. The molecule has 0 spiro atoms. The lowest BCUT2D eigenvalue weighted by atomic mass is 9.85. The number of hydrogen-bond acceptors (Lipinski definition) is 2. The van der Waals surface area contributed by atoms with E-state index in [2.05, 4.69) is 4.90 Å². The summed E-state index contributed by atoms with van der Waals surface area (Å²) >= 11 is 5.86. The zero-order valence-corrected chi connectivity index (χ0v) is 12.0. The number of carbonyl (C=O) groups is 1. The maximum atomic E-state index is 11.5. The van der Waals surface area contributed by atoms with Crippen LogP contribution in [-0.4, -0.2) is 29.6 Å². The van der Waals surface area contributed by atoms with Crippen molar-refractivity contribution in [2.24, 2.45) is 5.41 Å². The average molecular weight is 282 g/mol. The summed E-state index contributed by atoms with van der Waals surface area (Å²) in [6.45, 7) is 1.37. The number of aliphatic carboxylic acids is 1. The van der Waals surface area contributed by atoms with Crippen LogP contribution in [0.15, 0.2) is 24.3 Å². The summed E-state index contributed by atoms with van der Waals surface area (Å²) < 4.78 is 0. The molecule has 0 aromatic heterocycles. The van der Waals surface area contributed by atoms with Gasteiger partial charge in [-0.2, -0.15) is 0 Å². The summed E-state index contributed by atoms with van der Waals surface area (Å²) in [6, 6.07) is 7.71. The molecular weight excluding hydrogens is 262 g/mol. The van der Waals surface area contributed by atoms with Crippen molar-refractivity contribution in [3.63, 3.8) is 0 Å². The number of rotatable bonds is 5. The molecule has 0 heterocycles. The van der Waals surface area contributed by atoms with Crippen LogP contribution in [0, 0.1) is 5.41 Å². The first kappa shape index (κ1) is 14.4. The topological polar surface area (TPSA) is 40.5 Å². The van der Waals surface area contributed by atoms with Crippen LogP contribution in [0.3, 0.4) is 0 Å². The molecule has 3 nitrogen and oxygen atoms in total. The molecule has 0 aliphatic heterocycles. The lowest BCUT2D eigenvalue weighted by molar-refractivity contribution is -0.149. The highest BCUT2D eigenvalue weighted by atomic mass is 35.5. The van der Waals surface area contributed by atoms with Crippen molar-refractivity contribution in [3.8, 4) is 0 Å². The molecule has 1 aliphatic carbocycles. The van der Waals surface area contributed by atoms with Crippen LogP contribution in [-0.2, 0) is 11.3 Å². The first-order valence-corrected chi connectivity index (χ1v) is 7.06. The van der Waals surface area contributed by atoms with Crippen LogP contribution in [0.25, 0.3) is 0 Å². The first-order chi connectivity index (χ1) is 9.02. The first-order valence-electron chi connectivity index (χ1n) is 6.68. The van der Waals surface area contributed by atoms with Crippen LogP contribution in [0.1, 0.15) is 31.2 Å². The Hall–Kier alpha value is -1.06. The van der Waals surface area contributed by atoms with E-state index in [-0.39, 0.29) is 0 Å². The Kier molecular flexibility index (Phi) is 4.48. The molecule has 0 unspecified atom stereocenters. The molecule has 104 valence electrons. The Morgan fingerprint density at radius 2 is 1.89 bits per heavy atom. The van der Waals surface area contributed by atoms with Gasteiger partial charge in [-0.15, -0.1) is 0 Å². The van der Waals surface area contributed by atoms with E-state index in [1.54, 1.807) is 0 Å². The van der Waals surface area contributed by atoms with Gasteiger partial charge in [0.05, 0.1) is 5.41 Å². The fourth-order valence-corrected chi connectivity index (χ4v) is 3.09. The summed E-state index contributed by atoms with van der Waals surface area (Å²) in [5, 5.41) is 10.2. The maximum Gasteiger partial charge on any atom is 0.310 e. The lowest BCUT2D eigenvalue weighted by Gasteiger charge is -2.29. The molecule has 0 amide bonds. The van der Waals surface area contributed by atoms with Crippen molar-refractivity contribution in [2.75, 3.05) is 13.6 Å². The standard InChI is InChI=1S/C15H20ClNO2/c1-17(10-12-4-6-13(16)7-5-12)11-15(14(18)19)8-2-3-9-15/h4-7H,2-3,8-11H2,1H3,(H,18,19). The Balaban J connectivity index is 1.98. The fraction of sp³-hybridized carbons (Fsp3) is 0.533. The van der Waals surface area contributed by atoms with E-state index in [9.17, 15) is 9.90 Å². The smallest absolute Gasteiger partial charge is 0.310 e. The zero-order valence-electron chi connectivity index (χ0n) is 11.2. The van der Waals surface area contributed by atoms with Crippen molar-refractivity contribution in [2.45, 2.75) is 32.2 Å². The number of carboxylic acid groups (broad SMARTS) is 1. The molecule has 1 fully saturated rings. The Morgan fingerprint density at radius 3 is 2.42 bits per heavy atom. The number of carboxylic acids is 1. The molecule has 1 saturated carbocycles. The van der Waals surface area contributed by atoms with Gasteiger partial charge in [-0.25, -0.2) is 0 Å². The van der Waals surface area contributed by atoms with Gasteiger partial charge >= 0.3 is 5.97 Å². The van der Waals surface area contributed by atoms with Gasteiger partial charge in [0.2, 0.25) is 0 Å². The van der Waals surface area contributed by atoms with Gasteiger partial charge in [-0.3, -0.25) is 4.79 Å². The van der Waals surface area contributed by atoms with Gasteiger partial charge in [0.15, 0.2) is 0 Å². The third-order valence-corrected chi connectivity index (χ3v) is 4.20. The highest BCUT2D eigenvalue weighted by Gasteiger charge is 2.41. The molecular formula is C15H20ClNO2. The highest BCUT2D eigenvalue weighted by molar-refractivity contribution is 6.30. The van der Waals surface area contributed by atoms with E-state index >= 15 is 0 Å². The molecule has 19 heavy (non-hydrogen) atoms. The van der Waals surface area contributed by atoms with Gasteiger partial charge in [-0.05, 0) is 37.6 Å². The second kappa shape index (κ2) is 5.93. The Morgan fingerprint density at radius 1 is 1.32 bits per heavy atom. The van der Waals surface area contributed by atoms with Crippen LogP contribution in [0.4, 0.5) is 0 Å². The molecule has 1 aliphatic rings. The number of nitrogens with zero attached hydrogens (tertiary/aromatic N) is 1. The number of benzene rings is 1. The largest absolute Gasteiger partial charge is 0.481 e. The minimum atomic E-state index is -0.645. The second-order valence-corrected chi connectivity index (χ2v) is 6.03. The molecule has 0 atom stereocenters. The summed E-state index contributed by atoms with van der Waals surface area (Å²) in [7, 11) is 1.98. The average Bonchev–Trinajstić information content (AvgIpc) is 2.82. The van der Waals surface area contributed by atoms with Gasteiger partial charge in [-0.1, -0.05) is 36.6 Å². The molecule has 2 rings (SSSR count). The SMILES string of the molecule is CN(Cc1ccc(Cl)cc1)CC1(C(=O)O)CCCC1. The van der Waals surface area contributed by atoms with E-state index in [0.717, 1.165) is 42.8 Å². The van der Waals surface area contributed by atoms with Gasteiger partial charge in [0.1, 0.15) is 0 Å². The van der Waals surface area contributed by atoms with Crippen LogP contribution >= 0.6 is 11.6 Å². The fourth-order valence-electron chi connectivity index (χ4n) is 2.97. The zero-order chi connectivity index (χ0) is 13.9. The van der Waals surface area contributed by atoms with Crippen molar-refractivity contribution < 1.29 is 9.90 Å². The minimum absolute atomic E-state index is 0.541. The summed E-state index contributed by atoms with van der Waals surface area (Å²) in [4.78, 5) is 13.6. The Labute approximate surface area is 119 Å². The molecule has 1 aromatic rings. The minimum Gasteiger partial charge on any atom is -0.481 e. The predicted molar refractivity (Wildman–Crippen MR) is 76.3 cm³/mol. The second-order valence-electron chi connectivity index (χ2n) is 5.59. The van der Waals surface area contributed by atoms with Crippen molar-refractivity contribution in [1.29, 1.82) is 0 Å². The van der Waals surface area contributed by atoms with E-state index in [4.69, 9.17) is 11.6 Å². The third kappa shape index (κ3) is 3.48. The summed E-state index contributed by atoms with van der Waals surface area (Å²) in [5.74, 6) is -0.645. The van der Waals surface area contributed by atoms with Crippen molar-refractivity contribution in [3.05, 3.63) is 34.9 Å². The molecule has 0 saturated heterocycles. The molecule has 0 bridgehead atoms. The van der Waals surface area contributed by atoms with Crippen LogP contribution in [0.5, 0.6) is 0 Å².